The molecule has 0 fully saturated rings. The van der Waals surface area contributed by atoms with E-state index in [0.717, 1.165) is 10.9 Å². The van der Waals surface area contributed by atoms with E-state index in [1.54, 1.807) is 32.9 Å². The van der Waals surface area contributed by atoms with Gasteiger partial charge in [0.1, 0.15) is 17.4 Å². The van der Waals surface area contributed by atoms with E-state index in [1.807, 2.05) is 13.8 Å². The fourth-order valence-electron chi connectivity index (χ4n) is 3.06. The average molecular weight is 432 g/mol. The van der Waals surface area contributed by atoms with Crippen molar-refractivity contribution >= 4 is 28.8 Å². The minimum absolute atomic E-state index is 0.246. The second-order valence-electron chi connectivity index (χ2n) is 7.54. The molecule has 168 valence electrons. The van der Waals surface area contributed by atoms with Crippen LogP contribution in [-0.2, 0) is 14.4 Å². The maximum Gasteiger partial charge on any atom is 0.339 e. The summed E-state index contributed by atoms with van der Waals surface area (Å²) >= 11 is 0. The summed E-state index contributed by atoms with van der Waals surface area (Å²) in [6.07, 6.45) is 0.585. The number of carboxylic acids is 1. The van der Waals surface area contributed by atoms with Crippen LogP contribution < -0.4 is 21.0 Å². The van der Waals surface area contributed by atoms with Crippen LogP contribution in [0.1, 0.15) is 37.0 Å². The molecule has 2 aromatic rings. The van der Waals surface area contributed by atoms with E-state index in [9.17, 15) is 24.3 Å². The zero-order chi connectivity index (χ0) is 23.3. The van der Waals surface area contributed by atoms with E-state index in [1.165, 1.54) is 0 Å². The molecule has 0 saturated carbocycles. The van der Waals surface area contributed by atoms with Gasteiger partial charge in [0, 0.05) is 16.5 Å². The standard InChI is InChI=1S/C22H28N2O7/c1-6-11(2)19(21(27)28)24-17(25)9-23-18(26)10-30-16-8-7-15-12(3)13(4)22(29)31-20(15)14(16)5/h7-8,11,19H,6,9-10H2,1-5H3,(H,23,26)(H,24,25)(H,27,28)/t11-,19-/m1/s1. The van der Waals surface area contributed by atoms with Crippen LogP contribution in [0.4, 0.5) is 0 Å². The number of amides is 2. The Morgan fingerprint density at radius 1 is 1.10 bits per heavy atom. The van der Waals surface area contributed by atoms with E-state index < -0.39 is 29.5 Å². The fraction of sp³-hybridized carbons (Fsp3) is 0.455. The summed E-state index contributed by atoms with van der Waals surface area (Å²) < 4.78 is 10.9. The van der Waals surface area contributed by atoms with Gasteiger partial charge in [-0.2, -0.15) is 0 Å². The molecule has 1 aromatic carbocycles. The molecule has 0 saturated heterocycles. The number of hydrogen-bond donors (Lipinski definition) is 3. The Kier molecular flexibility index (Phi) is 7.79. The lowest BCUT2D eigenvalue weighted by Gasteiger charge is -2.20. The van der Waals surface area contributed by atoms with Gasteiger partial charge >= 0.3 is 11.6 Å². The van der Waals surface area contributed by atoms with Crippen molar-refractivity contribution in [2.24, 2.45) is 5.92 Å². The first-order valence-electron chi connectivity index (χ1n) is 10.0. The number of carbonyl (C=O) groups is 3. The van der Waals surface area contributed by atoms with Crippen LogP contribution in [0.3, 0.4) is 0 Å². The molecule has 2 atom stereocenters. The maximum absolute atomic E-state index is 12.1. The Hall–Kier alpha value is -3.36. The zero-order valence-electron chi connectivity index (χ0n) is 18.3. The molecule has 2 rings (SSSR count). The van der Waals surface area contributed by atoms with Gasteiger partial charge in [-0.25, -0.2) is 9.59 Å². The molecule has 9 nitrogen and oxygen atoms in total. The highest BCUT2D eigenvalue weighted by Gasteiger charge is 2.25. The molecular formula is C22H28N2O7. The number of ether oxygens (including phenoxy) is 1. The molecule has 31 heavy (non-hydrogen) atoms. The fourth-order valence-corrected chi connectivity index (χ4v) is 3.06. The summed E-state index contributed by atoms with van der Waals surface area (Å²) in [6.45, 7) is 8.08. The van der Waals surface area contributed by atoms with Crippen LogP contribution in [0, 0.1) is 26.7 Å². The van der Waals surface area contributed by atoms with Crippen molar-refractivity contribution in [3.8, 4) is 5.75 Å². The maximum atomic E-state index is 12.1. The van der Waals surface area contributed by atoms with Gasteiger partial charge in [0.05, 0.1) is 6.54 Å². The predicted octanol–water partition coefficient (Wildman–Crippen LogP) is 1.83. The third-order valence-electron chi connectivity index (χ3n) is 5.42. The molecule has 3 N–H and O–H groups in total. The Balaban J connectivity index is 1.97. The van der Waals surface area contributed by atoms with E-state index in [0.29, 0.717) is 28.9 Å². The number of aliphatic carboxylic acids is 1. The third-order valence-corrected chi connectivity index (χ3v) is 5.42. The first-order valence-corrected chi connectivity index (χ1v) is 10.0. The van der Waals surface area contributed by atoms with Crippen LogP contribution >= 0.6 is 0 Å². The van der Waals surface area contributed by atoms with Crippen LogP contribution in [0.5, 0.6) is 5.75 Å². The molecule has 9 heteroatoms. The highest BCUT2D eigenvalue weighted by molar-refractivity contribution is 5.89. The molecule has 0 aliphatic carbocycles. The van der Waals surface area contributed by atoms with Crippen LogP contribution in [0.25, 0.3) is 11.0 Å². The molecule has 1 aromatic heterocycles. The van der Waals surface area contributed by atoms with Crippen molar-refractivity contribution in [1.82, 2.24) is 10.6 Å². The number of rotatable bonds is 9. The molecular weight excluding hydrogens is 404 g/mol. The van der Waals surface area contributed by atoms with Crippen molar-refractivity contribution in [3.63, 3.8) is 0 Å². The Bertz CT molecular complexity index is 1060. The Morgan fingerprint density at radius 2 is 1.77 bits per heavy atom. The number of nitrogens with one attached hydrogen (secondary N) is 2. The van der Waals surface area contributed by atoms with Crippen LogP contribution in [-0.4, -0.2) is 42.1 Å². The second kappa shape index (κ2) is 10.1. The summed E-state index contributed by atoms with van der Waals surface area (Å²) in [5.41, 5.74) is 1.92. The SMILES string of the molecule is CC[C@@H](C)[C@@H](NC(=O)CNC(=O)COc1ccc2c(C)c(C)c(=O)oc2c1C)C(=O)O. The quantitative estimate of drug-likeness (QED) is 0.515. The summed E-state index contributed by atoms with van der Waals surface area (Å²) in [7, 11) is 0. The molecule has 0 aliphatic heterocycles. The number of hydrogen-bond acceptors (Lipinski definition) is 6. The smallest absolute Gasteiger partial charge is 0.339 e. The summed E-state index contributed by atoms with van der Waals surface area (Å²) in [5.74, 6) is -2.14. The highest BCUT2D eigenvalue weighted by atomic mass is 16.5. The molecule has 0 bridgehead atoms. The van der Waals surface area contributed by atoms with Gasteiger partial charge in [0.2, 0.25) is 5.91 Å². The number of carbonyl (C=O) groups excluding carboxylic acids is 2. The van der Waals surface area contributed by atoms with Gasteiger partial charge in [0.25, 0.3) is 5.91 Å². The minimum Gasteiger partial charge on any atom is -0.483 e. The van der Waals surface area contributed by atoms with Gasteiger partial charge in [-0.15, -0.1) is 0 Å². The number of fused-ring (bicyclic) bond motifs is 1. The monoisotopic (exact) mass is 432 g/mol. The highest BCUT2D eigenvalue weighted by Crippen LogP contribution is 2.29. The van der Waals surface area contributed by atoms with Gasteiger partial charge in [-0.05, 0) is 44.4 Å². The van der Waals surface area contributed by atoms with Crippen molar-refractivity contribution in [1.29, 1.82) is 0 Å². The number of aryl methyl sites for hydroxylation is 2. The predicted molar refractivity (Wildman–Crippen MR) is 114 cm³/mol. The normalized spacial score (nSPS) is 12.8. The van der Waals surface area contributed by atoms with E-state index >= 15 is 0 Å². The number of benzene rings is 1. The molecule has 0 unspecified atom stereocenters. The zero-order valence-corrected chi connectivity index (χ0v) is 18.3. The first kappa shape index (κ1) is 23.9. The molecule has 1 heterocycles. The summed E-state index contributed by atoms with van der Waals surface area (Å²) in [6, 6.07) is 2.43. The second-order valence-corrected chi connectivity index (χ2v) is 7.54. The molecule has 0 aliphatic rings. The summed E-state index contributed by atoms with van der Waals surface area (Å²) in [4.78, 5) is 47.3. The van der Waals surface area contributed by atoms with Gasteiger partial charge < -0.3 is 24.9 Å². The lowest BCUT2D eigenvalue weighted by molar-refractivity contribution is -0.143. The van der Waals surface area contributed by atoms with Crippen molar-refractivity contribution < 1.29 is 28.6 Å². The first-order chi connectivity index (χ1) is 14.6. The number of carboxylic acid groups (broad SMARTS) is 1. The molecule has 0 radical (unpaired) electrons. The molecule has 0 spiro atoms. The van der Waals surface area contributed by atoms with Gasteiger partial charge in [-0.3, -0.25) is 9.59 Å². The van der Waals surface area contributed by atoms with E-state index in [2.05, 4.69) is 10.6 Å². The minimum atomic E-state index is -1.12. The van der Waals surface area contributed by atoms with Crippen molar-refractivity contribution in [3.05, 3.63) is 39.2 Å². The van der Waals surface area contributed by atoms with E-state index in [-0.39, 0.29) is 19.1 Å². The largest absolute Gasteiger partial charge is 0.483 e. The molecule has 2 amide bonds. The average Bonchev–Trinajstić information content (AvgIpc) is 2.73. The van der Waals surface area contributed by atoms with E-state index in [4.69, 9.17) is 9.15 Å². The summed E-state index contributed by atoms with van der Waals surface area (Å²) in [5, 5.41) is 14.8. The van der Waals surface area contributed by atoms with Crippen LogP contribution in [0.2, 0.25) is 0 Å². The van der Waals surface area contributed by atoms with Crippen LogP contribution in [0.15, 0.2) is 21.3 Å². The Labute approximate surface area is 179 Å². The van der Waals surface area contributed by atoms with Gasteiger partial charge in [-0.1, -0.05) is 20.3 Å². The third kappa shape index (κ3) is 5.62. The van der Waals surface area contributed by atoms with Crippen molar-refractivity contribution in [2.45, 2.75) is 47.1 Å². The van der Waals surface area contributed by atoms with Crippen molar-refractivity contribution in [2.75, 3.05) is 13.2 Å². The topological polar surface area (TPSA) is 135 Å². The van der Waals surface area contributed by atoms with Gasteiger partial charge in [0.15, 0.2) is 6.61 Å². The lowest BCUT2D eigenvalue weighted by Crippen LogP contribution is -2.48. The lowest BCUT2D eigenvalue weighted by atomic mass is 9.99. The Morgan fingerprint density at radius 3 is 2.39 bits per heavy atom.